The molecule has 14 heteroatoms. The Morgan fingerprint density at radius 2 is 1.86 bits per heavy atom. The van der Waals surface area contributed by atoms with Gasteiger partial charge >= 0.3 is 5.97 Å². The zero-order valence-electron chi connectivity index (χ0n) is 31.3. The van der Waals surface area contributed by atoms with Crippen LogP contribution in [-0.4, -0.2) is 68.5 Å². The molecule has 0 radical (unpaired) electrons. The first-order valence-electron chi connectivity index (χ1n) is 17.4. The van der Waals surface area contributed by atoms with E-state index < -0.39 is 22.4 Å². The van der Waals surface area contributed by atoms with Gasteiger partial charge in [0, 0.05) is 32.4 Å². The summed E-state index contributed by atoms with van der Waals surface area (Å²) in [6, 6.07) is 9.43. The van der Waals surface area contributed by atoms with Crippen molar-refractivity contribution < 1.29 is 18.7 Å². The van der Waals surface area contributed by atoms with Crippen LogP contribution in [0, 0.1) is 6.92 Å². The summed E-state index contributed by atoms with van der Waals surface area (Å²) in [5.74, 6) is 0.923. The van der Waals surface area contributed by atoms with Crippen LogP contribution >= 0.6 is 22.7 Å². The van der Waals surface area contributed by atoms with E-state index in [9.17, 15) is 4.79 Å². The van der Waals surface area contributed by atoms with Crippen molar-refractivity contribution in [3.05, 3.63) is 56.8 Å². The molecule has 0 N–H and O–H groups in total. The molecular formula is C36H52N6O4S2Si2. The Hall–Kier alpha value is -3.02. The van der Waals surface area contributed by atoms with Crippen LogP contribution in [-0.2, 0) is 27.1 Å². The second kappa shape index (κ2) is 15.7. The number of aromatic nitrogens is 4. The van der Waals surface area contributed by atoms with Crippen molar-refractivity contribution in [2.45, 2.75) is 98.0 Å². The fourth-order valence-corrected chi connectivity index (χ4v) is 8.97. The van der Waals surface area contributed by atoms with Crippen molar-refractivity contribution in [2.24, 2.45) is 4.99 Å². The monoisotopic (exact) mass is 752 g/mol. The molecule has 5 rings (SSSR count). The Kier molecular flexibility index (Phi) is 12.0. The van der Waals surface area contributed by atoms with Crippen molar-refractivity contribution in [1.29, 1.82) is 0 Å². The maximum atomic E-state index is 13.0. The van der Waals surface area contributed by atoms with Crippen LogP contribution < -0.4 is 9.70 Å². The number of ether oxygens (including phenoxy) is 2. The molecule has 50 heavy (non-hydrogen) atoms. The van der Waals surface area contributed by atoms with Crippen LogP contribution in [0.5, 0.6) is 0 Å². The first-order chi connectivity index (χ1) is 23.6. The molecule has 0 bridgehead atoms. The van der Waals surface area contributed by atoms with Gasteiger partial charge in [-0.05, 0) is 69.1 Å². The van der Waals surface area contributed by atoms with E-state index in [2.05, 4.69) is 87.1 Å². The number of fused-ring (bicyclic) bond motifs is 2. The second-order valence-corrected chi connectivity index (χ2v) is 27.8. The average molecular weight is 753 g/mol. The molecule has 0 amide bonds. The minimum absolute atomic E-state index is 0.114. The number of benzene rings is 1. The van der Waals surface area contributed by atoms with Gasteiger partial charge in [-0.3, -0.25) is 4.57 Å². The quantitative estimate of drug-likeness (QED) is 0.0757. The van der Waals surface area contributed by atoms with Gasteiger partial charge in [0.1, 0.15) is 6.73 Å². The van der Waals surface area contributed by atoms with Gasteiger partial charge in [0.25, 0.3) is 0 Å². The Morgan fingerprint density at radius 1 is 1.10 bits per heavy atom. The minimum Gasteiger partial charge on any atom is -0.461 e. The van der Waals surface area contributed by atoms with Crippen LogP contribution in [0.4, 0.5) is 16.8 Å². The van der Waals surface area contributed by atoms with Crippen molar-refractivity contribution in [1.82, 2.24) is 19.7 Å². The molecule has 4 aromatic rings. The molecule has 0 unspecified atom stereocenters. The highest BCUT2D eigenvalue weighted by atomic mass is 32.1. The highest BCUT2D eigenvalue weighted by Crippen LogP contribution is 2.39. The van der Waals surface area contributed by atoms with Crippen LogP contribution in [0.25, 0.3) is 16.3 Å². The van der Waals surface area contributed by atoms with E-state index >= 15 is 0 Å². The predicted molar refractivity (Wildman–Crippen MR) is 211 cm³/mol. The Labute approximate surface area is 306 Å². The molecule has 0 fully saturated rings. The number of carbonyl (C=O) groups excluding carboxylic acids is 1. The number of carbonyl (C=O) groups is 1. The molecule has 0 saturated heterocycles. The normalized spacial score (nSPS) is 14.6. The lowest BCUT2D eigenvalue weighted by atomic mass is 10.0. The third-order valence-electron chi connectivity index (χ3n) is 9.33. The summed E-state index contributed by atoms with van der Waals surface area (Å²) in [6.45, 7) is 24.7. The van der Waals surface area contributed by atoms with E-state index in [1.54, 1.807) is 18.3 Å². The van der Waals surface area contributed by atoms with Gasteiger partial charge in [0.15, 0.2) is 35.6 Å². The van der Waals surface area contributed by atoms with Gasteiger partial charge in [-0.15, -0.1) is 10.2 Å². The van der Waals surface area contributed by atoms with Crippen LogP contribution in [0.2, 0.25) is 43.8 Å². The maximum absolute atomic E-state index is 13.0. The first kappa shape index (κ1) is 38.2. The molecule has 10 nitrogen and oxygen atoms in total. The van der Waals surface area contributed by atoms with Crippen LogP contribution in [0.15, 0.2) is 35.3 Å². The number of hydrogen-bond donors (Lipinski definition) is 0. The Balaban J connectivity index is 1.45. The van der Waals surface area contributed by atoms with Crippen LogP contribution in [0.3, 0.4) is 0 Å². The van der Waals surface area contributed by atoms with Gasteiger partial charge < -0.3 is 18.8 Å². The number of para-hydroxylation sites is 1. The second-order valence-electron chi connectivity index (χ2n) is 15.3. The van der Waals surface area contributed by atoms with E-state index in [1.165, 1.54) is 11.3 Å². The molecular weight excluding hydrogens is 701 g/mol. The Morgan fingerprint density at radius 3 is 2.58 bits per heavy atom. The van der Waals surface area contributed by atoms with E-state index in [0.717, 1.165) is 68.9 Å². The molecule has 0 atom stereocenters. The number of anilines is 2. The van der Waals surface area contributed by atoms with Gasteiger partial charge in [0.05, 0.1) is 28.3 Å². The summed E-state index contributed by atoms with van der Waals surface area (Å²) >= 11 is 3.08. The molecule has 0 spiro atoms. The van der Waals surface area contributed by atoms with E-state index in [-0.39, 0.29) is 11.6 Å². The van der Waals surface area contributed by atoms with Gasteiger partial charge in [-0.25, -0.2) is 9.78 Å². The molecule has 1 aliphatic rings. The zero-order chi connectivity index (χ0) is 36.3. The fourth-order valence-electron chi connectivity index (χ4n) is 5.24. The standard InChI is InChI=1S/C36H52N6O4S2Si2/c1-11-45-33(43)30-29(19-15-21-46-50(9,10)36(3,4)5)48-34(37-30)41-20-14-16-26-25(2)31(39-40-32(26)41)38-35-42(24-44-22-23-49(6,7)8)27-17-12-13-18-28(27)47-35/h12-13,15,17-19H,11,14,16,20-24H2,1-10H3/b19-15+,38-35?. The number of esters is 1. The minimum atomic E-state index is -1.91. The van der Waals surface area contributed by atoms with Crippen molar-refractivity contribution in [3.8, 4) is 0 Å². The largest absolute Gasteiger partial charge is 0.461 e. The summed E-state index contributed by atoms with van der Waals surface area (Å²) in [7, 11) is -3.11. The lowest BCUT2D eigenvalue weighted by Gasteiger charge is -2.35. The van der Waals surface area contributed by atoms with Crippen molar-refractivity contribution >= 4 is 78.1 Å². The van der Waals surface area contributed by atoms with Crippen molar-refractivity contribution in [2.75, 3.05) is 31.3 Å². The van der Waals surface area contributed by atoms with Gasteiger partial charge in [-0.1, -0.05) is 81.3 Å². The third-order valence-corrected chi connectivity index (χ3v) is 17.6. The summed E-state index contributed by atoms with van der Waals surface area (Å²) < 4.78 is 21.2. The van der Waals surface area contributed by atoms with Crippen molar-refractivity contribution in [3.63, 3.8) is 0 Å². The summed E-state index contributed by atoms with van der Waals surface area (Å²) in [4.78, 5) is 26.5. The molecule has 0 aliphatic carbocycles. The predicted octanol–water partition coefficient (Wildman–Crippen LogP) is 9.10. The van der Waals surface area contributed by atoms with E-state index in [1.807, 2.05) is 24.3 Å². The van der Waals surface area contributed by atoms with E-state index in [0.29, 0.717) is 30.0 Å². The summed E-state index contributed by atoms with van der Waals surface area (Å²) in [5, 5.41) is 10.2. The number of hydrogen-bond acceptors (Lipinski definition) is 11. The molecule has 1 aromatic carbocycles. The Bertz CT molecular complexity index is 1920. The first-order valence-corrected chi connectivity index (χ1v) is 25.7. The smallest absolute Gasteiger partial charge is 0.358 e. The van der Waals surface area contributed by atoms with Gasteiger partial charge in [-0.2, -0.15) is 4.99 Å². The third kappa shape index (κ3) is 8.88. The zero-order valence-corrected chi connectivity index (χ0v) is 34.9. The summed E-state index contributed by atoms with van der Waals surface area (Å²) in [6.07, 6.45) is 5.67. The molecule has 1 aliphatic heterocycles. The lowest BCUT2D eigenvalue weighted by Crippen LogP contribution is -2.40. The molecule has 270 valence electrons. The van der Waals surface area contributed by atoms with Crippen LogP contribution in [0.1, 0.15) is 60.6 Å². The molecule has 3 aromatic heterocycles. The number of rotatable bonds is 13. The topological polar surface area (TPSA) is 104 Å². The fraction of sp³-hybridized carbons (Fsp3) is 0.528. The highest BCUT2D eigenvalue weighted by Gasteiger charge is 2.36. The highest BCUT2D eigenvalue weighted by molar-refractivity contribution is 7.17. The van der Waals surface area contributed by atoms with Gasteiger partial charge in [0.2, 0.25) is 0 Å². The molecule has 0 saturated carbocycles. The lowest BCUT2D eigenvalue weighted by molar-refractivity contribution is 0.0520. The number of thiazole rings is 2. The molecule has 4 heterocycles. The summed E-state index contributed by atoms with van der Waals surface area (Å²) in [5.41, 5.74) is 3.49. The maximum Gasteiger partial charge on any atom is 0.358 e. The average Bonchev–Trinajstić information content (AvgIpc) is 3.63. The van der Waals surface area contributed by atoms with E-state index in [4.69, 9.17) is 29.0 Å². The SMILES string of the molecule is CCOC(=O)c1nc(N2CCCc3c2nnc(N=c2sc4ccccc4n2COCC[Si](C)(C)C)c3C)sc1/C=C/CO[Si](C)(C)C(C)(C)C. The number of nitrogens with zero attached hydrogens (tertiary/aromatic N) is 6.